The summed E-state index contributed by atoms with van der Waals surface area (Å²) < 4.78 is 5.77. The Bertz CT molecular complexity index is 755. The second kappa shape index (κ2) is 9.05. The van der Waals surface area contributed by atoms with Crippen LogP contribution in [-0.4, -0.2) is 43.1 Å². The maximum Gasteiger partial charge on any atom is 0.251 e. The van der Waals surface area contributed by atoms with Gasteiger partial charge in [-0.05, 0) is 75.7 Å². The van der Waals surface area contributed by atoms with Gasteiger partial charge in [0.1, 0.15) is 5.75 Å². The predicted molar refractivity (Wildman–Crippen MR) is 110 cm³/mol. The third-order valence-electron chi connectivity index (χ3n) is 5.11. The van der Waals surface area contributed by atoms with Crippen molar-refractivity contribution in [1.82, 2.24) is 10.2 Å². The van der Waals surface area contributed by atoms with E-state index in [-0.39, 0.29) is 12.0 Å². The lowest BCUT2D eigenvalue weighted by Crippen LogP contribution is -2.44. The van der Waals surface area contributed by atoms with E-state index in [9.17, 15) is 4.79 Å². The molecule has 1 aliphatic rings. The summed E-state index contributed by atoms with van der Waals surface area (Å²) in [7, 11) is 2.14. The van der Waals surface area contributed by atoms with Crippen molar-refractivity contribution in [3.05, 3.63) is 54.1 Å². The summed E-state index contributed by atoms with van der Waals surface area (Å²) in [5.74, 6) is 0.860. The van der Waals surface area contributed by atoms with Gasteiger partial charge < -0.3 is 15.0 Å². The van der Waals surface area contributed by atoms with E-state index >= 15 is 0 Å². The van der Waals surface area contributed by atoms with Gasteiger partial charge in [0.15, 0.2) is 0 Å². The molecule has 1 N–H and O–H groups in total. The van der Waals surface area contributed by atoms with Crippen molar-refractivity contribution in [3.8, 4) is 16.9 Å². The van der Waals surface area contributed by atoms with Gasteiger partial charge in [-0.15, -0.1) is 0 Å². The van der Waals surface area contributed by atoms with Crippen molar-refractivity contribution in [1.29, 1.82) is 0 Å². The number of ether oxygens (including phenoxy) is 1. The number of nitrogens with zero attached hydrogens (tertiary/aromatic N) is 1. The molecule has 1 atom stereocenters. The van der Waals surface area contributed by atoms with Crippen LogP contribution in [0.2, 0.25) is 0 Å². The van der Waals surface area contributed by atoms with Crippen LogP contribution < -0.4 is 10.1 Å². The summed E-state index contributed by atoms with van der Waals surface area (Å²) in [6.07, 6.45) is 3.81. The zero-order chi connectivity index (χ0) is 19.2. The molecule has 0 aromatic heterocycles. The minimum atomic E-state index is -0.00239. The van der Waals surface area contributed by atoms with Gasteiger partial charge in [-0.25, -0.2) is 0 Å². The van der Waals surface area contributed by atoms with Crippen LogP contribution in [0.25, 0.3) is 11.1 Å². The van der Waals surface area contributed by atoms with Crippen LogP contribution in [0.1, 0.15) is 43.5 Å². The Morgan fingerprint density at radius 1 is 1.15 bits per heavy atom. The van der Waals surface area contributed by atoms with E-state index < -0.39 is 0 Å². The molecular weight excluding hydrogens is 336 g/mol. The molecule has 1 unspecified atom stereocenters. The van der Waals surface area contributed by atoms with Crippen molar-refractivity contribution in [2.45, 2.75) is 45.3 Å². The summed E-state index contributed by atoms with van der Waals surface area (Å²) in [5, 5.41) is 3.09. The molecule has 0 spiro atoms. The molecule has 0 radical (unpaired) electrons. The topological polar surface area (TPSA) is 41.6 Å². The number of piperidine rings is 1. The van der Waals surface area contributed by atoms with Crippen LogP contribution in [0.3, 0.4) is 0 Å². The van der Waals surface area contributed by atoms with Crippen LogP contribution in [0, 0.1) is 0 Å². The van der Waals surface area contributed by atoms with Crippen LogP contribution in [0.15, 0.2) is 48.5 Å². The summed E-state index contributed by atoms with van der Waals surface area (Å²) >= 11 is 0. The fourth-order valence-electron chi connectivity index (χ4n) is 3.55. The summed E-state index contributed by atoms with van der Waals surface area (Å²) in [4.78, 5) is 14.8. The van der Waals surface area contributed by atoms with Gasteiger partial charge in [0, 0.05) is 18.2 Å². The molecule has 1 aliphatic heterocycles. The van der Waals surface area contributed by atoms with Crippen molar-refractivity contribution in [2.75, 3.05) is 20.1 Å². The number of carbonyl (C=O) groups is 1. The largest absolute Gasteiger partial charge is 0.491 e. The van der Waals surface area contributed by atoms with E-state index in [4.69, 9.17) is 4.74 Å². The summed E-state index contributed by atoms with van der Waals surface area (Å²) in [6, 6.07) is 16.3. The van der Waals surface area contributed by atoms with Crippen LogP contribution >= 0.6 is 0 Å². The maximum absolute atomic E-state index is 12.5. The van der Waals surface area contributed by atoms with Crippen molar-refractivity contribution >= 4 is 5.91 Å². The van der Waals surface area contributed by atoms with Gasteiger partial charge in [-0.2, -0.15) is 0 Å². The molecule has 1 fully saturated rings. The Labute approximate surface area is 162 Å². The number of hydrogen-bond donors (Lipinski definition) is 1. The number of amides is 1. The standard InChI is InChI=1S/C23H30N2O2/c1-17(2)27-22-9-6-7-20(15-22)18-10-12-19(13-11-18)23(26)24-16-21-8-4-5-14-25(21)3/h6-7,9-13,15,17,21H,4-5,8,14,16H2,1-3H3,(H,24,26). The molecular formula is C23H30N2O2. The SMILES string of the molecule is CC(C)Oc1cccc(-c2ccc(C(=O)NCC3CCCCN3C)cc2)c1. The van der Waals surface area contributed by atoms with E-state index in [1.807, 2.05) is 56.3 Å². The monoisotopic (exact) mass is 366 g/mol. The van der Waals surface area contributed by atoms with Gasteiger partial charge in [-0.3, -0.25) is 4.79 Å². The fraction of sp³-hybridized carbons (Fsp3) is 0.435. The molecule has 1 heterocycles. The van der Waals surface area contributed by atoms with Crippen LogP contribution in [0.4, 0.5) is 0 Å². The fourth-order valence-corrected chi connectivity index (χ4v) is 3.55. The van der Waals surface area contributed by atoms with E-state index in [1.54, 1.807) is 0 Å². The molecule has 3 rings (SSSR count). The first-order valence-electron chi connectivity index (χ1n) is 9.88. The first kappa shape index (κ1) is 19.4. The number of likely N-dealkylation sites (tertiary alicyclic amines) is 1. The quantitative estimate of drug-likeness (QED) is 0.826. The second-order valence-corrected chi connectivity index (χ2v) is 7.61. The molecule has 0 bridgehead atoms. The number of benzene rings is 2. The normalized spacial score (nSPS) is 17.7. The lowest BCUT2D eigenvalue weighted by Gasteiger charge is -2.32. The van der Waals surface area contributed by atoms with Gasteiger partial charge in [0.2, 0.25) is 0 Å². The van der Waals surface area contributed by atoms with Crippen molar-refractivity contribution in [2.24, 2.45) is 0 Å². The van der Waals surface area contributed by atoms with Crippen LogP contribution in [-0.2, 0) is 0 Å². The highest BCUT2D eigenvalue weighted by atomic mass is 16.5. The third kappa shape index (κ3) is 5.33. The maximum atomic E-state index is 12.5. The van der Waals surface area contributed by atoms with Crippen LogP contribution in [0.5, 0.6) is 5.75 Å². The number of likely N-dealkylation sites (N-methyl/N-ethyl adjacent to an activating group) is 1. The molecule has 2 aromatic rings. The number of hydrogen-bond acceptors (Lipinski definition) is 3. The number of rotatable bonds is 6. The highest BCUT2D eigenvalue weighted by molar-refractivity contribution is 5.94. The lowest BCUT2D eigenvalue weighted by atomic mass is 10.0. The number of nitrogens with one attached hydrogen (secondary N) is 1. The lowest BCUT2D eigenvalue weighted by molar-refractivity contribution is 0.0928. The minimum Gasteiger partial charge on any atom is -0.491 e. The van der Waals surface area contributed by atoms with Gasteiger partial charge in [0.05, 0.1) is 6.10 Å². The first-order valence-corrected chi connectivity index (χ1v) is 9.88. The predicted octanol–water partition coefficient (Wildman–Crippen LogP) is 4.35. The van der Waals surface area contributed by atoms with E-state index in [0.717, 1.165) is 29.8 Å². The Morgan fingerprint density at radius 2 is 1.93 bits per heavy atom. The highest BCUT2D eigenvalue weighted by Crippen LogP contribution is 2.25. The molecule has 0 aliphatic carbocycles. The van der Waals surface area contributed by atoms with E-state index in [2.05, 4.69) is 23.3 Å². The molecule has 144 valence electrons. The Morgan fingerprint density at radius 3 is 2.63 bits per heavy atom. The summed E-state index contributed by atoms with van der Waals surface area (Å²) in [6.45, 7) is 5.87. The molecule has 0 saturated carbocycles. The molecule has 2 aromatic carbocycles. The van der Waals surface area contributed by atoms with Gasteiger partial charge in [-0.1, -0.05) is 30.7 Å². The average molecular weight is 367 g/mol. The van der Waals surface area contributed by atoms with E-state index in [0.29, 0.717) is 18.2 Å². The highest BCUT2D eigenvalue weighted by Gasteiger charge is 2.19. The zero-order valence-corrected chi connectivity index (χ0v) is 16.6. The molecule has 27 heavy (non-hydrogen) atoms. The summed E-state index contributed by atoms with van der Waals surface area (Å²) in [5.41, 5.74) is 2.86. The molecule has 1 saturated heterocycles. The minimum absolute atomic E-state index is 0.00239. The van der Waals surface area contributed by atoms with Gasteiger partial charge >= 0.3 is 0 Å². The molecule has 1 amide bonds. The van der Waals surface area contributed by atoms with Gasteiger partial charge in [0.25, 0.3) is 5.91 Å². The average Bonchev–Trinajstić information content (AvgIpc) is 2.67. The smallest absolute Gasteiger partial charge is 0.251 e. The van der Waals surface area contributed by atoms with E-state index in [1.165, 1.54) is 12.8 Å². The second-order valence-electron chi connectivity index (χ2n) is 7.61. The third-order valence-corrected chi connectivity index (χ3v) is 5.11. The Hall–Kier alpha value is -2.33. The van der Waals surface area contributed by atoms with Crippen molar-refractivity contribution in [3.63, 3.8) is 0 Å². The molecule has 4 heteroatoms. The first-order chi connectivity index (χ1) is 13.0. The van der Waals surface area contributed by atoms with Crippen molar-refractivity contribution < 1.29 is 9.53 Å². The molecule has 4 nitrogen and oxygen atoms in total. The number of carbonyl (C=O) groups excluding carboxylic acids is 1. The Balaban J connectivity index is 1.62. The zero-order valence-electron chi connectivity index (χ0n) is 16.6. The Kier molecular flexibility index (Phi) is 6.51.